The fourth-order valence-corrected chi connectivity index (χ4v) is 3.43. The molecular formula is C16H19F2N3O2. The molecule has 0 radical (unpaired) electrons. The quantitative estimate of drug-likeness (QED) is 0.887. The standard InChI is InChI=1S/C16H19F2N3O2/c17-10-2-3-12(13(18)8-10)16(5-1-6-16)14(22)20-11-4-7-21(9-11)15(19)23/h2-3,8,11H,1,4-7,9H2,(H2,19,23)(H,20,22)/t11-/m1/s1. The molecule has 0 aromatic heterocycles. The number of benzene rings is 1. The molecule has 1 aliphatic carbocycles. The van der Waals surface area contributed by atoms with Gasteiger partial charge in [-0.3, -0.25) is 4.79 Å². The van der Waals surface area contributed by atoms with Gasteiger partial charge in [-0.25, -0.2) is 13.6 Å². The van der Waals surface area contributed by atoms with Crippen LogP contribution in [0.25, 0.3) is 0 Å². The molecule has 1 saturated carbocycles. The number of nitrogens with two attached hydrogens (primary N) is 1. The topological polar surface area (TPSA) is 75.4 Å². The lowest BCUT2D eigenvalue weighted by Crippen LogP contribution is -2.53. The molecule has 23 heavy (non-hydrogen) atoms. The highest BCUT2D eigenvalue weighted by Crippen LogP contribution is 2.45. The van der Waals surface area contributed by atoms with Gasteiger partial charge in [-0.2, -0.15) is 0 Å². The third-order valence-electron chi connectivity index (χ3n) is 4.92. The first kappa shape index (κ1) is 15.7. The Morgan fingerprint density at radius 3 is 2.57 bits per heavy atom. The van der Waals surface area contributed by atoms with E-state index in [1.807, 2.05) is 0 Å². The molecule has 1 aliphatic heterocycles. The van der Waals surface area contributed by atoms with Crippen molar-refractivity contribution in [2.24, 2.45) is 5.73 Å². The summed E-state index contributed by atoms with van der Waals surface area (Å²) >= 11 is 0. The molecule has 1 heterocycles. The fourth-order valence-electron chi connectivity index (χ4n) is 3.43. The van der Waals surface area contributed by atoms with E-state index in [2.05, 4.69) is 5.32 Å². The van der Waals surface area contributed by atoms with Crippen molar-refractivity contribution in [3.8, 4) is 0 Å². The Balaban J connectivity index is 1.75. The van der Waals surface area contributed by atoms with Crippen LogP contribution < -0.4 is 11.1 Å². The minimum atomic E-state index is -0.933. The molecule has 3 N–H and O–H groups in total. The van der Waals surface area contributed by atoms with Crippen molar-refractivity contribution >= 4 is 11.9 Å². The zero-order valence-corrected chi connectivity index (χ0v) is 12.6. The Hall–Kier alpha value is -2.18. The van der Waals surface area contributed by atoms with Crippen molar-refractivity contribution in [2.45, 2.75) is 37.1 Å². The zero-order chi connectivity index (χ0) is 16.6. The number of nitrogens with one attached hydrogen (secondary N) is 1. The van der Waals surface area contributed by atoms with Crippen LogP contribution >= 0.6 is 0 Å². The molecule has 1 atom stereocenters. The van der Waals surface area contributed by atoms with Gasteiger partial charge < -0.3 is 16.0 Å². The first-order valence-electron chi connectivity index (χ1n) is 7.73. The summed E-state index contributed by atoms with van der Waals surface area (Å²) in [5.74, 6) is -1.61. The molecule has 5 nitrogen and oxygen atoms in total. The van der Waals surface area contributed by atoms with Crippen LogP contribution in [0.4, 0.5) is 13.6 Å². The average Bonchev–Trinajstić information content (AvgIpc) is 2.88. The smallest absolute Gasteiger partial charge is 0.314 e. The minimum Gasteiger partial charge on any atom is -0.351 e. The predicted octanol–water partition coefficient (Wildman–Crippen LogP) is 1.66. The second-order valence-corrected chi connectivity index (χ2v) is 6.30. The first-order valence-corrected chi connectivity index (χ1v) is 7.73. The SMILES string of the molecule is NC(=O)N1CC[C@@H](NC(=O)C2(c3ccc(F)cc3F)CCC2)C1. The molecule has 0 unspecified atom stereocenters. The van der Waals surface area contributed by atoms with E-state index >= 15 is 0 Å². The van der Waals surface area contributed by atoms with Gasteiger partial charge in [0.05, 0.1) is 5.41 Å². The molecule has 2 aliphatic rings. The molecule has 3 amide bonds. The van der Waals surface area contributed by atoms with Gasteiger partial charge in [0.25, 0.3) is 0 Å². The van der Waals surface area contributed by atoms with Crippen LogP contribution in [-0.2, 0) is 10.2 Å². The molecule has 1 aromatic rings. The van der Waals surface area contributed by atoms with Crippen molar-refractivity contribution in [1.82, 2.24) is 10.2 Å². The zero-order valence-electron chi connectivity index (χ0n) is 12.6. The van der Waals surface area contributed by atoms with E-state index in [0.717, 1.165) is 12.5 Å². The van der Waals surface area contributed by atoms with Gasteiger partial charge >= 0.3 is 6.03 Å². The second kappa shape index (κ2) is 5.79. The maximum absolute atomic E-state index is 14.1. The number of amides is 3. The Morgan fingerprint density at radius 1 is 1.30 bits per heavy atom. The van der Waals surface area contributed by atoms with E-state index in [1.54, 1.807) is 0 Å². The van der Waals surface area contributed by atoms with E-state index in [9.17, 15) is 18.4 Å². The normalized spacial score (nSPS) is 22.5. The molecule has 0 bridgehead atoms. The van der Waals surface area contributed by atoms with Gasteiger partial charge in [0, 0.05) is 30.8 Å². The summed E-state index contributed by atoms with van der Waals surface area (Å²) in [6.07, 6.45) is 2.51. The lowest BCUT2D eigenvalue weighted by molar-refractivity contribution is -0.130. The van der Waals surface area contributed by atoms with Crippen molar-refractivity contribution in [1.29, 1.82) is 0 Å². The van der Waals surface area contributed by atoms with Gasteiger partial charge in [0.1, 0.15) is 11.6 Å². The number of carbonyl (C=O) groups is 2. The average molecular weight is 323 g/mol. The Bertz CT molecular complexity index is 646. The van der Waals surface area contributed by atoms with Crippen molar-refractivity contribution < 1.29 is 18.4 Å². The molecule has 3 rings (SSSR count). The lowest BCUT2D eigenvalue weighted by Gasteiger charge is -2.41. The van der Waals surface area contributed by atoms with Gasteiger partial charge in [0.2, 0.25) is 5.91 Å². The maximum Gasteiger partial charge on any atom is 0.314 e. The van der Waals surface area contributed by atoms with Crippen LogP contribution in [0.2, 0.25) is 0 Å². The molecule has 1 aromatic carbocycles. The van der Waals surface area contributed by atoms with Gasteiger partial charge in [-0.1, -0.05) is 12.5 Å². The highest BCUT2D eigenvalue weighted by molar-refractivity contribution is 5.89. The summed E-state index contributed by atoms with van der Waals surface area (Å²) in [6, 6.07) is 2.65. The molecule has 1 saturated heterocycles. The third kappa shape index (κ3) is 2.75. The minimum absolute atomic E-state index is 0.184. The summed E-state index contributed by atoms with van der Waals surface area (Å²) in [4.78, 5) is 25.3. The first-order chi connectivity index (χ1) is 10.9. The van der Waals surface area contributed by atoms with Crippen LogP contribution in [0.3, 0.4) is 0 Å². The molecule has 2 fully saturated rings. The molecule has 0 spiro atoms. The summed E-state index contributed by atoms with van der Waals surface area (Å²) in [7, 11) is 0. The summed E-state index contributed by atoms with van der Waals surface area (Å²) in [6.45, 7) is 0.862. The number of urea groups is 1. The van der Waals surface area contributed by atoms with E-state index in [0.29, 0.717) is 32.4 Å². The number of hydrogen-bond acceptors (Lipinski definition) is 2. The molecule has 7 heteroatoms. The van der Waals surface area contributed by atoms with Crippen LogP contribution in [0, 0.1) is 11.6 Å². The Morgan fingerprint density at radius 2 is 2.04 bits per heavy atom. The highest BCUT2D eigenvalue weighted by Gasteiger charge is 2.48. The van der Waals surface area contributed by atoms with Crippen molar-refractivity contribution in [3.05, 3.63) is 35.4 Å². The van der Waals surface area contributed by atoms with E-state index < -0.39 is 23.1 Å². The number of hydrogen-bond donors (Lipinski definition) is 2. The van der Waals surface area contributed by atoms with E-state index in [-0.39, 0.29) is 17.5 Å². The highest BCUT2D eigenvalue weighted by atomic mass is 19.1. The number of halogens is 2. The molecular weight excluding hydrogens is 304 g/mol. The predicted molar refractivity (Wildman–Crippen MR) is 79.6 cm³/mol. The number of primary amides is 1. The largest absolute Gasteiger partial charge is 0.351 e. The maximum atomic E-state index is 14.1. The summed E-state index contributed by atoms with van der Waals surface area (Å²) in [5.41, 5.74) is 4.54. The van der Waals surface area contributed by atoms with Gasteiger partial charge in [0.15, 0.2) is 0 Å². The van der Waals surface area contributed by atoms with Crippen LogP contribution in [0.5, 0.6) is 0 Å². The fraction of sp³-hybridized carbons (Fsp3) is 0.500. The lowest BCUT2D eigenvalue weighted by atomic mass is 9.63. The van der Waals surface area contributed by atoms with Crippen molar-refractivity contribution in [3.63, 3.8) is 0 Å². The van der Waals surface area contributed by atoms with Gasteiger partial charge in [-0.15, -0.1) is 0 Å². The van der Waals surface area contributed by atoms with Crippen LogP contribution in [0.15, 0.2) is 18.2 Å². The number of likely N-dealkylation sites (tertiary alicyclic amines) is 1. The Kier molecular flexibility index (Phi) is 3.95. The van der Waals surface area contributed by atoms with Crippen LogP contribution in [0.1, 0.15) is 31.2 Å². The second-order valence-electron chi connectivity index (χ2n) is 6.30. The van der Waals surface area contributed by atoms with Crippen LogP contribution in [-0.4, -0.2) is 36.0 Å². The van der Waals surface area contributed by atoms with E-state index in [1.165, 1.54) is 17.0 Å². The van der Waals surface area contributed by atoms with E-state index in [4.69, 9.17) is 5.73 Å². The summed E-state index contributed by atoms with van der Waals surface area (Å²) < 4.78 is 27.2. The third-order valence-corrected chi connectivity index (χ3v) is 4.92. The number of carbonyl (C=O) groups excluding carboxylic acids is 2. The number of rotatable bonds is 3. The van der Waals surface area contributed by atoms with Gasteiger partial charge in [-0.05, 0) is 25.3 Å². The summed E-state index contributed by atoms with van der Waals surface area (Å²) in [5, 5.41) is 2.90. The monoisotopic (exact) mass is 323 g/mol. The Labute approximate surface area is 132 Å². The number of nitrogens with zero attached hydrogens (tertiary/aromatic N) is 1. The van der Waals surface area contributed by atoms with Crippen molar-refractivity contribution in [2.75, 3.05) is 13.1 Å². The molecule has 124 valence electrons.